The molecule has 0 bridgehead atoms. The maximum absolute atomic E-state index is 3.42. The van der Waals surface area contributed by atoms with Crippen LogP contribution in [0.3, 0.4) is 0 Å². The first-order chi connectivity index (χ1) is 7.16. The number of fused-ring (bicyclic) bond motifs is 1. The van der Waals surface area contributed by atoms with Crippen LogP contribution in [0.25, 0.3) is 10.9 Å². The Hall–Kier alpha value is -1.50. The second-order valence-electron chi connectivity index (χ2n) is 4.32. The first-order valence-electron chi connectivity index (χ1n) is 5.37. The maximum atomic E-state index is 3.42. The zero-order valence-electron chi connectivity index (χ0n) is 9.59. The van der Waals surface area contributed by atoms with Crippen molar-refractivity contribution in [2.24, 2.45) is 0 Å². The van der Waals surface area contributed by atoms with Crippen LogP contribution in [0.1, 0.15) is 25.1 Å². The fraction of sp³-hybridized carbons (Fsp3) is 0.286. The van der Waals surface area contributed by atoms with Gasteiger partial charge in [-0.2, -0.15) is 0 Å². The number of hydrogen-bond acceptors (Lipinski definition) is 0. The van der Waals surface area contributed by atoms with E-state index in [1.807, 2.05) is 0 Å². The number of para-hydroxylation sites is 1. The lowest BCUT2D eigenvalue weighted by atomic mass is 10.1. The van der Waals surface area contributed by atoms with Gasteiger partial charge in [0.25, 0.3) is 0 Å². The zero-order valence-corrected chi connectivity index (χ0v) is 9.59. The number of nitrogens with one attached hydrogen (secondary N) is 1. The fourth-order valence-corrected chi connectivity index (χ4v) is 1.84. The van der Waals surface area contributed by atoms with Gasteiger partial charge in [0, 0.05) is 11.2 Å². The summed E-state index contributed by atoms with van der Waals surface area (Å²) in [5, 5.41) is 1.31. The van der Waals surface area contributed by atoms with Gasteiger partial charge in [-0.3, -0.25) is 0 Å². The minimum absolute atomic E-state index is 1.01. The largest absolute Gasteiger partial charge is 0.358 e. The molecule has 0 aliphatic carbocycles. The predicted octanol–water partition coefficient (Wildman–Crippen LogP) is 3.99. The molecule has 1 aromatic carbocycles. The SMILES string of the molecule is CC(C)=CCc1cccc2cc(C)[nH]c12. The van der Waals surface area contributed by atoms with Crippen LogP contribution in [0, 0.1) is 6.92 Å². The molecule has 0 saturated carbocycles. The van der Waals surface area contributed by atoms with Gasteiger partial charge >= 0.3 is 0 Å². The molecule has 0 aliphatic rings. The molecule has 1 heterocycles. The highest BCUT2D eigenvalue weighted by Gasteiger charge is 2.01. The number of H-pyrrole nitrogens is 1. The standard InChI is InChI=1S/C14H17N/c1-10(2)7-8-12-5-4-6-13-9-11(3)15-14(12)13/h4-7,9,15H,8H2,1-3H3. The first-order valence-corrected chi connectivity index (χ1v) is 5.37. The normalized spacial score (nSPS) is 10.6. The topological polar surface area (TPSA) is 15.8 Å². The van der Waals surface area contributed by atoms with Crippen molar-refractivity contribution in [3.63, 3.8) is 0 Å². The van der Waals surface area contributed by atoms with Crippen molar-refractivity contribution in [2.45, 2.75) is 27.2 Å². The molecule has 0 atom stereocenters. The van der Waals surface area contributed by atoms with E-state index in [4.69, 9.17) is 0 Å². The number of hydrogen-bond donors (Lipinski definition) is 1. The number of aromatic amines is 1. The summed E-state index contributed by atoms with van der Waals surface area (Å²) in [6, 6.07) is 8.67. The van der Waals surface area contributed by atoms with E-state index in [0.29, 0.717) is 0 Å². The summed E-state index contributed by atoms with van der Waals surface area (Å²) in [5.74, 6) is 0. The van der Waals surface area contributed by atoms with Crippen molar-refractivity contribution in [1.82, 2.24) is 4.98 Å². The van der Waals surface area contributed by atoms with Crippen LogP contribution in [-0.2, 0) is 6.42 Å². The molecule has 0 fully saturated rings. The van der Waals surface area contributed by atoms with Gasteiger partial charge in [0.15, 0.2) is 0 Å². The van der Waals surface area contributed by atoms with Crippen LogP contribution < -0.4 is 0 Å². The molecule has 1 aromatic heterocycles. The predicted molar refractivity (Wildman–Crippen MR) is 66.2 cm³/mol. The minimum atomic E-state index is 1.01. The first kappa shape index (κ1) is 10.0. The van der Waals surface area contributed by atoms with Crippen LogP contribution in [0.15, 0.2) is 35.9 Å². The zero-order chi connectivity index (χ0) is 10.8. The van der Waals surface area contributed by atoms with Crippen LogP contribution in [-0.4, -0.2) is 4.98 Å². The van der Waals surface area contributed by atoms with E-state index in [0.717, 1.165) is 6.42 Å². The number of rotatable bonds is 2. The summed E-state index contributed by atoms with van der Waals surface area (Å²) < 4.78 is 0. The highest BCUT2D eigenvalue weighted by Crippen LogP contribution is 2.20. The highest BCUT2D eigenvalue weighted by atomic mass is 14.7. The Kier molecular flexibility index (Phi) is 2.63. The van der Waals surface area contributed by atoms with Gasteiger partial charge in [-0.1, -0.05) is 29.8 Å². The lowest BCUT2D eigenvalue weighted by Gasteiger charge is -2.00. The smallest absolute Gasteiger partial charge is 0.0491 e. The molecule has 2 aromatic rings. The summed E-state index contributed by atoms with van der Waals surface area (Å²) in [4.78, 5) is 3.42. The van der Waals surface area contributed by atoms with Crippen molar-refractivity contribution in [3.8, 4) is 0 Å². The minimum Gasteiger partial charge on any atom is -0.358 e. The number of benzene rings is 1. The van der Waals surface area contributed by atoms with Gasteiger partial charge in [0.2, 0.25) is 0 Å². The molecule has 2 rings (SSSR count). The van der Waals surface area contributed by atoms with Gasteiger partial charge in [0.1, 0.15) is 0 Å². The van der Waals surface area contributed by atoms with E-state index >= 15 is 0 Å². The summed E-state index contributed by atoms with van der Waals surface area (Å²) in [6.07, 6.45) is 3.28. The van der Waals surface area contributed by atoms with Crippen molar-refractivity contribution in [3.05, 3.63) is 47.2 Å². The molecular weight excluding hydrogens is 182 g/mol. The Bertz CT molecular complexity index is 499. The van der Waals surface area contributed by atoms with Gasteiger partial charge in [-0.05, 0) is 44.2 Å². The van der Waals surface area contributed by atoms with Gasteiger partial charge in [-0.25, -0.2) is 0 Å². The second-order valence-corrected chi connectivity index (χ2v) is 4.32. The molecule has 78 valence electrons. The summed E-state index contributed by atoms with van der Waals surface area (Å²) in [6.45, 7) is 6.38. The summed E-state index contributed by atoms with van der Waals surface area (Å²) in [5.41, 5.74) is 5.26. The lowest BCUT2D eigenvalue weighted by molar-refractivity contribution is 1.21. The van der Waals surface area contributed by atoms with E-state index in [1.165, 1.54) is 27.7 Å². The van der Waals surface area contributed by atoms with Crippen LogP contribution in [0.4, 0.5) is 0 Å². The molecule has 0 aliphatic heterocycles. The van der Waals surface area contributed by atoms with Crippen molar-refractivity contribution in [1.29, 1.82) is 0 Å². The van der Waals surface area contributed by atoms with Crippen LogP contribution in [0.2, 0.25) is 0 Å². The Morgan fingerprint density at radius 2 is 2.13 bits per heavy atom. The number of aryl methyl sites for hydroxylation is 1. The Morgan fingerprint density at radius 1 is 1.33 bits per heavy atom. The van der Waals surface area contributed by atoms with E-state index in [2.05, 4.69) is 56.1 Å². The third kappa shape index (κ3) is 2.12. The second kappa shape index (κ2) is 3.93. The van der Waals surface area contributed by atoms with Crippen molar-refractivity contribution >= 4 is 10.9 Å². The third-order valence-corrected chi connectivity index (χ3v) is 2.61. The van der Waals surface area contributed by atoms with E-state index < -0.39 is 0 Å². The summed E-state index contributed by atoms with van der Waals surface area (Å²) >= 11 is 0. The van der Waals surface area contributed by atoms with Crippen molar-refractivity contribution in [2.75, 3.05) is 0 Å². The quantitative estimate of drug-likeness (QED) is 0.704. The van der Waals surface area contributed by atoms with Crippen LogP contribution >= 0.6 is 0 Å². The van der Waals surface area contributed by atoms with E-state index in [-0.39, 0.29) is 0 Å². The molecule has 1 N–H and O–H groups in total. The molecular formula is C14H17N. The molecule has 15 heavy (non-hydrogen) atoms. The van der Waals surface area contributed by atoms with E-state index in [9.17, 15) is 0 Å². The lowest BCUT2D eigenvalue weighted by Crippen LogP contribution is -1.84. The highest BCUT2D eigenvalue weighted by molar-refractivity contribution is 5.83. The molecule has 0 spiro atoms. The van der Waals surface area contributed by atoms with Crippen molar-refractivity contribution < 1.29 is 0 Å². The average Bonchev–Trinajstić information content (AvgIpc) is 2.55. The Morgan fingerprint density at radius 3 is 2.87 bits per heavy atom. The molecule has 1 heteroatoms. The monoisotopic (exact) mass is 199 g/mol. The van der Waals surface area contributed by atoms with Crippen LogP contribution in [0.5, 0.6) is 0 Å². The Balaban J connectivity index is 2.46. The van der Waals surface area contributed by atoms with E-state index in [1.54, 1.807) is 0 Å². The molecule has 1 nitrogen and oxygen atoms in total. The Labute approximate surface area is 90.8 Å². The van der Waals surface area contributed by atoms with Gasteiger partial charge < -0.3 is 4.98 Å². The van der Waals surface area contributed by atoms with Gasteiger partial charge in [0.05, 0.1) is 0 Å². The summed E-state index contributed by atoms with van der Waals surface area (Å²) in [7, 11) is 0. The third-order valence-electron chi connectivity index (χ3n) is 2.61. The molecule has 0 amide bonds. The average molecular weight is 199 g/mol. The number of aromatic nitrogens is 1. The molecule has 0 radical (unpaired) electrons. The molecule has 0 unspecified atom stereocenters. The maximum Gasteiger partial charge on any atom is 0.0491 e. The van der Waals surface area contributed by atoms with Gasteiger partial charge in [-0.15, -0.1) is 0 Å². The number of allylic oxidation sites excluding steroid dienone is 2. The fourth-order valence-electron chi connectivity index (χ4n) is 1.84. The molecule has 0 saturated heterocycles.